The van der Waals surface area contributed by atoms with Gasteiger partial charge in [-0.25, -0.2) is 23.3 Å². The monoisotopic (exact) mass is 293 g/mol. The van der Waals surface area contributed by atoms with Gasteiger partial charge in [0.25, 0.3) is 5.91 Å². The predicted octanol–water partition coefficient (Wildman–Crippen LogP) is -0.750. The van der Waals surface area contributed by atoms with Crippen LogP contribution in [0.1, 0.15) is 26.7 Å². The molecule has 0 aromatic carbocycles. The molecule has 18 heavy (non-hydrogen) atoms. The van der Waals surface area contributed by atoms with E-state index in [1.807, 2.05) is 0 Å². The van der Waals surface area contributed by atoms with Crippen LogP contribution in [0.5, 0.6) is 0 Å². The lowest BCUT2D eigenvalue weighted by molar-refractivity contribution is 0.0691. The predicted molar refractivity (Wildman–Crippen MR) is 64.0 cm³/mol. The number of carbonyl (C=O) groups is 2. The van der Waals surface area contributed by atoms with Gasteiger partial charge in [0.15, 0.2) is 10.7 Å². The molecule has 0 unspecified atom stereocenters. The number of hydrogen-bond donors (Lipinski definition) is 3. The smallest absolute Gasteiger partial charge is 0.355 e. The van der Waals surface area contributed by atoms with Gasteiger partial charge in [0.1, 0.15) is 0 Å². The number of aromatic carboxylic acids is 1. The number of rotatable bonds is 6. The molecule has 1 amide bonds. The Morgan fingerprint density at radius 1 is 1.50 bits per heavy atom. The molecule has 1 aromatic heterocycles. The molecule has 0 bridgehead atoms. The van der Waals surface area contributed by atoms with E-state index in [9.17, 15) is 18.0 Å². The van der Waals surface area contributed by atoms with E-state index in [1.54, 1.807) is 0 Å². The van der Waals surface area contributed by atoms with Gasteiger partial charge in [0, 0.05) is 11.9 Å². The number of amides is 1. The van der Waals surface area contributed by atoms with E-state index < -0.39 is 21.9 Å². The third kappa shape index (κ3) is 4.77. The van der Waals surface area contributed by atoms with Crippen molar-refractivity contribution in [1.82, 2.24) is 10.3 Å². The van der Waals surface area contributed by atoms with Crippen molar-refractivity contribution < 1.29 is 23.1 Å². The van der Waals surface area contributed by atoms with Crippen molar-refractivity contribution in [3.05, 3.63) is 16.1 Å². The zero-order valence-corrected chi connectivity index (χ0v) is 10.8. The molecule has 0 spiro atoms. The minimum atomic E-state index is -3.54. The Morgan fingerprint density at radius 2 is 2.17 bits per heavy atom. The number of aromatic nitrogens is 1. The molecule has 4 N–H and O–H groups in total. The van der Waals surface area contributed by atoms with E-state index in [1.165, 1.54) is 5.38 Å². The van der Waals surface area contributed by atoms with E-state index in [2.05, 4.69) is 10.3 Å². The van der Waals surface area contributed by atoms with Gasteiger partial charge in [-0.3, -0.25) is 4.79 Å². The van der Waals surface area contributed by atoms with Crippen molar-refractivity contribution in [2.45, 2.75) is 6.42 Å². The molecule has 100 valence electrons. The summed E-state index contributed by atoms with van der Waals surface area (Å²) in [5.74, 6) is -1.98. The Balaban J connectivity index is 2.43. The van der Waals surface area contributed by atoms with Gasteiger partial charge < -0.3 is 10.4 Å². The molecule has 0 saturated carbocycles. The van der Waals surface area contributed by atoms with E-state index >= 15 is 0 Å². The molecule has 0 aliphatic rings. The SMILES string of the molecule is NS(=O)(=O)CCCNC(=O)c1nc(C(=O)O)cs1. The van der Waals surface area contributed by atoms with Gasteiger partial charge in [-0.05, 0) is 6.42 Å². The van der Waals surface area contributed by atoms with E-state index in [0.717, 1.165) is 11.3 Å². The van der Waals surface area contributed by atoms with Crippen LogP contribution in [0.4, 0.5) is 0 Å². The Bertz CT molecular complexity index is 551. The number of nitrogens with one attached hydrogen (secondary N) is 1. The first-order valence-corrected chi connectivity index (χ1v) is 7.36. The Labute approximate surface area is 107 Å². The third-order valence-corrected chi connectivity index (χ3v) is 3.51. The molecule has 0 fully saturated rings. The van der Waals surface area contributed by atoms with E-state index in [-0.39, 0.29) is 29.4 Å². The van der Waals surface area contributed by atoms with Gasteiger partial charge in [0.2, 0.25) is 10.0 Å². The summed E-state index contributed by atoms with van der Waals surface area (Å²) in [6, 6.07) is 0. The lowest BCUT2D eigenvalue weighted by Crippen LogP contribution is -2.27. The summed E-state index contributed by atoms with van der Waals surface area (Å²) in [6.07, 6.45) is 0.182. The van der Waals surface area contributed by atoms with E-state index in [0.29, 0.717) is 0 Å². The number of carboxylic acids is 1. The standard InChI is InChI=1S/C8H11N3O5S2/c9-18(15,16)3-1-2-10-6(12)7-11-5(4-17-7)8(13)14/h4H,1-3H2,(H,10,12)(H,13,14)(H2,9,15,16). The van der Waals surface area contributed by atoms with Crippen molar-refractivity contribution in [2.24, 2.45) is 5.14 Å². The average molecular weight is 293 g/mol. The fourth-order valence-corrected chi connectivity index (χ4v) is 2.28. The molecular formula is C8H11N3O5S2. The molecule has 1 aromatic rings. The largest absolute Gasteiger partial charge is 0.476 e. The fraction of sp³-hybridized carbons (Fsp3) is 0.375. The Morgan fingerprint density at radius 3 is 2.67 bits per heavy atom. The number of carbonyl (C=O) groups excluding carboxylic acids is 1. The number of nitrogens with zero attached hydrogens (tertiary/aromatic N) is 1. The second kappa shape index (κ2) is 5.89. The summed E-state index contributed by atoms with van der Waals surface area (Å²) < 4.78 is 21.2. The van der Waals surface area contributed by atoms with Crippen LogP contribution in [0.15, 0.2) is 5.38 Å². The lowest BCUT2D eigenvalue weighted by Gasteiger charge is -2.01. The first-order valence-electron chi connectivity index (χ1n) is 4.77. The highest BCUT2D eigenvalue weighted by Crippen LogP contribution is 2.09. The van der Waals surface area contributed by atoms with Gasteiger partial charge in [-0.2, -0.15) is 0 Å². The van der Waals surface area contributed by atoms with Crippen molar-refractivity contribution >= 4 is 33.2 Å². The Kier molecular flexibility index (Phi) is 4.76. The maximum atomic E-state index is 11.5. The molecule has 1 heterocycles. The first-order chi connectivity index (χ1) is 8.29. The summed E-state index contributed by atoms with van der Waals surface area (Å²) in [4.78, 5) is 25.6. The average Bonchev–Trinajstić information content (AvgIpc) is 2.72. The molecule has 10 heteroatoms. The first kappa shape index (κ1) is 14.5. The molecule has 0 saturated heterocycles. The normalized spacial score (nSPS) is 11.2. The summed E-state index contributed by atoms with van der Waals surface area (Å²) in [5, 5.41) is 17.1. The van der Waals surface area contributed by atoms with Crippen LogP contribution in [0.25, 0.3) is 0 Å². The van der Waals surface area contributed by atoms with Crippen LogP contribution in [0, 0.1) is 0 Å². The zero-order chi connectivity index (χ0) is 13.8. The molecule has 0 aliphatic carbocycles. The second-order valence-corrected chi connectivity index (χ2v) is 5.91. The van der Waals surface area contributed by atoms with Crippen LogP contribution >= 0.6 is 11.3 Å². The third-order valence-electron chi connectivity index (χ3n) is 1.81. The van der Waals surface area contributed by atoms with Gasteiger partial charge in [-0.15, -0.1) is 11.3 Å². The molecular weight excluding hydrogens is 282 g/mol. The minimum absolute atomic E-state index is 0.0167. The van der Waals surface area contributed by atoms with Crippen LogP contribution in [0.3, 0.4) is 0 Å². The van der Waals surface area contributed by atoms with Crippen molar-refractivity contribution in [3.8, 4) is 0 Å². The van der Waals surface area contributed by atoms with Crippen LogP contribution in [-0.2, 0) is 10.0 Å². The molecule has 8 nitrogen and oxygen atoms in total. The zero-order valence-electron chi connectivity index (χ0n) is 9.12. The molecule has 0 aliphatic heterocycles. The second-order valence-electron chi connectivity index (χ2n) is 3.32. The summed E-state index contributed by atoms with van der Waals surface area (Å²) in [7, 11) is -3.54. The molecule has 0 radical (unpaired) electrons. The number of hydrogen-bond acceptors (Lipinski definition) is 6. The van der Waals surface area contributed by atoms with E-state index in [4.69, 9.17) is 10.2 Å². The summed E-state index contributed by atoms with van der Waals surface area (Å²) in [6.45, 7) is 0.122. The quantitative estimate of drug-likeness (QED) is 0.589. The highest BCUT2D eigenvalue weighted by Gasteiger charge is 2.14. The summed E-state index contributed by atoms with van der Waals surface area (Å²) >= 11 is 0.903. The minimum Gasteiger partial charge on any atom is -0.476 e. The molecule has 0 atom stereocenters. The van der Waals surface area contributed by atoms with Crippen molar-refractivity contribution in [1.29, 1.82) is 0 Å². The van der Waals surface area contributed by atoms with Crippen LogP contribution in [-0.4, -0.2) is 42.7 Å². The number of carboxylic acid groups (broad SMARTS) is 1. The van der Waals surface area contributed by atoms with Gasteiger partial charge in [-0.1, -0.05) is 0 Å². The number of sulfonamides is 1. The Hall–Kier alpha value is -1.52. The number of thiazole rings is 1. The maximum absolute atomic E-state index is 11.5. The van der Waals surface area contributed by atoms with Crippen molar-refractivity contribution in [3.63, 3.8) is 0 Å². The lowest BCUT2D eigenvalue weighted by atomic mass is 10.4. The van der Waals surface area contributed by atoms with Gasteiger partial charge in [0.05, 0.1) is 5.75 Å². The maximum Gasteiger partial charge on any atom is 0.355 e. The van der Waals surface area contributed by atoms with Gasteiger partial charge >= 0.3 is 5.97 Å². The topological polar surface area (TPSA) is 139 Å². The van der Waals surface area contributed by atoms with Crippen molar-refractivity contribution in [2.75, 3.05) is 12.3 Å². The summed E-state index contributed by atoms with van der Waals surface area (Å²) in [5.41, 5.74) is -0.199. The highest BCUT2D eigenvalue weighted by atomic mass is 32.2. The number of primary sulfonamides is 1. The van der Waals surface area contributed by atoms with Crippen LogP contribution < -0.4 is 10.5 Å². The highest BCUT2D eigenvalue weighted by molar-refractivity contribution is 7.89. The number of nitrogens with two attached hydrogens (primary N) is 1. The molecule has 1 rings (SSSR count). The fourth-order valence-electron chi connectivity index (χ4n) is 1.03. The van der Waals surface area contributed by atoms with Crippen LogP contribution in [0.2, 0.25) is 0 Å².